The number of aliphatic hydroxyl groups excluding tert-OH is 1. The molecule has 0 unspecified atom stereocenters. The van der Waals surface area contributed by atoms with Crippen LogP contribution in [0.4, 0.5) is 0 Å². The minimum absolute atomic E-state index is 0.283. The molecule has 140 valence electrons. The standard InChI is InChI=1S/C21H21NO4S/c1-14-11-18(15(2)22(14)12-17-9-6-10-27-17)19(23)13-26-21(25)20(24)16-7-4-3-5-8-16/h3-11,20,24H,12-13H2,1-2H3/t20-/m1/s1. The van der Waals surface area contributed by atoms with Gasteiger partial charge in [-0.3, -0.25) is 4.79 Å². The van der Waals surface area contributed by atoms with Crippen LogP contribution in [0.1, 0.15) is 38.3 Å². The summed E-state index contributed by atoms with van der Waals surface area (Å²) in [6.45, 7) is 4.14. The Balaban J connectivity index is 1.65. The van der Waals surface area contributed by atoms with Gasteiger partial charge in [0.15, 0.2) is 12.7 Å². The molecule has 0 aliphatic heterocycles. The molecule has 0 amide bonds. The van der Waals surface area contributed by atoms with Gasteiger partial charge >= 0.3 is 5.97 Å². The largest absolute Gasteiger partial charge is 0.455 e. The van der Waals surface area contributed by atoms with E-state index in [1.54, 1.807) is 41.7 Å². The van der Waals surface area contributed by atoms with Gasteiger partial charge in [0.1, 0.15) is 0 Å². The summed E-state index contributed by atoms with van der Waals surface area (Å²) in [7, 11) is 0. The molecule has 0 saturated carbocycles. The molecule has 0 saturated heterocycles. The number of hydrogen-bond acceptors (Lipinski definition) is 5. The number of nitrogens with zero attached hydrogens (tertiary/aromatic N) is 1. The van der Waals surface area contributed by atoms with Crippen LogP contribution in [0.3, 0.4) is 0 Å². The van der Waals surface area contributed by atoms with E-state index in [9.17, 15) is 14.7 Å². The maximum Gasteiger partial charge on any atom is 0.340 e. The quantitative estimate of drug-likeness (QED) is 0.499. The highest BCUT2D eigenvalue weighted by Crippen LogP contribution is 2.20. The third-order valence-electron chi connectivity index (χ3n) is 4.45. The molecule has 0 aliphatic carbocycles. The van der Waals surface area contributed by atoms with Gasteiger partial charge < -0.3 is 14.4 Å². The van der Waals surface area contributed by atoms with E-state index in [1.807, 2.05) is 31.4 Å². The van der Waals surface area contributed by atoms with Crippen LogP contribution < -0.4 is 0 Å². The van der Waals surface area contributed by atoms with Gasteiger partial charge in [0.2, 0.25) is 5.78 Å². The molecule has 0 radical (unpaired) electrons. The van der Waals surface area contributed by atoms with Crippen molar-refractivity contribution in [2.45, 2.75) is 26.5 Å². The number of ketones is 1. The highest BCUT2D eigenvalue weighted by atomic mass is 32.1. The number of carbonyl (C=O) groups is 2. The van der Waals surface area contributed by atoms with Crippen molar-refractivity contribution in [3.05, 3.63) is 81.3 Å². The number of Topliss-reactive ketones (excluding diaryl/α,β-unsaturated/α-hetero) is 1. The van der Waals surface area contributed by atoms with Gasteiger partial charge in [-0.05, 0) is 36.9 Å². The summed E-state index contributed by atoms with van der Waals surface area (Å²) in [5, 5.41) is 12.1. The molecule has 0 aliphatic rings. The lowest BCUT2D eigenvalue weighted by molar-refractivity contribution is -0.152. The summed E-state index contributed by atoms with van der Waals surface area (Å²) in [4.78, 5) is 25.7. The van der Waals surface area contributed by atoms with Gasteiger partial charge in [0.25, 0.3) is 0 Å². The SMILES string of the molecule is Cc1cc(C(=O)COC(=O)[C@H](O)c2ccccc2)c(C)n1Cc1cccs1. The van der Waals surface area contributed by atoms with E-state index in [1.165, 1.54) is 4.88 Å². The fraction of sp³-hybridized carbons (Fsp3) is 0.238. The molecule has 6 heteroatoms. The van der Waals surface area contributed by atoms with Crippen LogP contribution in [0.2, 0.25) is 0 Å². The topological polar surface area (TPSA) is 68.5 Å². The van der Waals surface area contributed by atoms with Crippen LogP contribution in [0.15, 0.2) is 53.9 Å². The van der Waals surface area contributed by atoms with E-state index in [4.69, 9.17) is 4.74 Å². The first kappa shape index (κ1) is 19.1. The van der Waals surface area contributed by atoms with E-state index >= 15 is 0 Å². The first-order valence-electron chi connectivity index (χ1n) is 8.59. The fourth-order valence-electron chi connectivity index (χ4n) is 2.95. The zero-order valence-electron chi connectivity index (χ0n) is 15.2. The van der Waals surface area contributed by atoms with Crippen LogP contribution in [0.25, 0.3) is 0 Å². The predicted octanol–water partition coefficient (Wildman–Crippen LogP) is 3.67. The normalized spacial score (nSPS) is 12.0. The van der Waals surface area contributed by atoms with Crippen molar-refractivity contribution in [2.24, 2.45) is 0 Å². The molecule has 2 aromatic heterocycles. The molecule has 1 aromatic carbocycles. The predicted molar refractivity (Wildman–Crippen MR) is 104 cm³/mol. The Bertz CT molecular complexity index is 929. The zero-order valence-corrected chi connectivity index (χ0v) is 16.0. The Morgan fingerprint density at radius 2 is 1.89 bits per heavy atom. The van der Waals surface area contributed by atoms with Crippen molar-refractivity contribution in [3.63, 3.8) is 0 Å². The molecule has 3 aromatic rings. The lowest BCUT2D eigenvalue weighted by Crippen LogP contribution is -2.20. The third-order valence-corrected chi connectivity index (χ3v) is 5.31. The van der Waals surface area contributed by atoms with Crippen LogP contribution in [-0.4, -0.2) is 28.0 Å². The number of esters is 1. The van der Waals surface area contributed by atoms with Gasteiger partial charge in [0.05, 0.1) is 6.54 Å². The summed E-state index contributed by atoms with van der Waals surface area (Å²) in [5.41, 5.74) is 2.78. The summed E-state index contributed by atoms with van der Waals surface area (Å²) in [5.74, 6) is -1.11. The number of thiophene rings is 1. The van der Waals surface area contributed by atoms with Crippen molar-refractivity contribution >= 4 is 23.1 Å². The Morgan fingerprint density at radius 1 is 1.15 bits per heavy atom. The maximum absolute atomic E-state index is 12.5. The van der Waals surface area contributed by atoms with E-state index in [0.717, 1.165) is 11.4 Å². The van der Waals surface area contributed by atoms with E-state index in [-0.39, 0.29) is 5.78 Å². The summed E-state index contributed by atoms with van der Waals surface area (Å²) in [6, 6.07) is 14.4. The molecule has 3 rings (SSSR count). The van der Waals surface area contributed by atoms with Crippen LogP contribution in [0, 0.1) is 13.8 Å². The second kappa shape index (κ2) is 8.33. The molecular formula is C21H21NO4S. The minimum Gasteiger partial charge on any atom is -0.455 e. The number of aromatic nitrogens is 1. The summed E-state index contributed by atoms with van der Waals surface area (Å²) in [6.07, 6.45) is -1.40. The Morgan fingerprint density at radius 3 is 2.56 bits per heavy atom. The van der Waals surface area contributed by atoms with Crippen LogP contribution >= 0.6 is 11.3 Å². The second-order valence-electron chi connectivity index (χ2n) is 6.29. The number of ether oxygens (including phenoxy) is 1. The first-order valence-corrected chi connectivity index (χ1v) is 9.47. The van der Waals surface area contributed by atoms with Gasteiger partial charge in [-0.15, -0.1) is 11.3 Å². The van der Waals surface area contributed by atoms with Crippen molar-refractivity contribution < 1.29 is 19.4 Å². The Labute approximate surface area is 161 Å². The molecule has 27 heavy (non-hydrogen) atoms. The molecule has 5 nitrogen and oxygen atoms in total. The smallest absolute Gasteiger partial charge is 0.340 e. The Kier molecular flexibility index (Phi) is 5.88. The molecular weight excluding hydrogens is 362 g/mol. The van der Waals surface area contributed by atoms with Gasteiger partial charge in [-0.2, -0.15) is 0 Å². The lowest BCUT2D eigenvalue weighted by atomic mass is 10.1. The van der Waals surface area contributed by atoms with Crippen molar-refractivity contribution in [2.75, 3.05) is 6.61 Å². The lowest BCUT2D eigenvalue weighted by Gasteiger charge is -2.11. The minimum atomic E-state index is -1.40. The molecule has 1 atom stereocenters. The molecule has 0 spiro atoms. The monoisotopic (exact) mass is 383 g/mol. The summed E-state index contributed by atoms with van der Waals surface area (Å²) < 4.78 is 7.11. The van der Waals surface area contributed by atoms with Crippen molar-refractivity contribution in [1.82, 2.24) is 4.57 Å². The van der Waals surface area contributed by atoms with Gasteiger partial charge in [0, 0.05) is 21.8 Å². The summed E-state index contributed by atoms with van der Waals surface area (Å²) >= 11 is 1.67. The average Bonchev–Trinajstić information content (AvgIpc) is 3.29. The molecule has 2 heterocycles. The second-order valence-corrected chi connectivity index (χ2v) is 7.33. The van der Waals surface area contributed by atoms with Crippen LogP contribution in [0.5, 0.6) is 0 Å². The van der Waals surface area contributed by atoms with E-state index in [2.05, 4.69) is 10.6 Å². The van der Waals surface area contributed by atoms with Crippen LogP contribution in [-0.2, 0) is 16.1 Å². The highest BCUT2D eigenvalue weighted by Gasteiger charge is 2.22. The Hall–Kier alpha value is -2.70. The van der Waals surface area contributed by atoms with Gasteiger partial charge in [-0.25, -0.2) is 4.79 Å². The van der Waals surface area contributed by atoms with Crippen molar-refractivity contribution in [3.8, 4) is 0 Å². The number of aliphatic hydroxyl groups is 1. The number of hydrogen-bond donors (Lipinski definition) is 1. The molecule has 0 bridgehead atoms. The van der Waals surface area contributed by atoms with Crippen molar-refractivity contribution in [1.29, 1.82) is 0 Å². The number of aryl methyl sites for hydroxylation is 1. The number of rotatable bonds is 7. The average molecular weight is 383 g/mol. The maximum atomic E-state index is 12.5. The first-order chi connectivity index (χ1) is 13.0. The van der Waals surface area contributed by atoms with E-state index < -0.39 is 18.7 Å². The zero-order chi connectivity index (χ0) is 19.4. The molecule has 1 N–H and O–H groups in total. The van der Waals surface area contributed by atoms with E-state index in [0.29, 0.717) is 17.7 Å². The third kappa shape index (κ3) is 4.35. The van der Waals surface area contributed by atoms with Gasteiger partial charge in [-0.1, -0.05) is 36.4 Å². The fourth-order valence-corrected chi connectivity index (χ4v) is 3.64. The highest BCUT2D eigenvalue weighted by molar-refractivity contribution is 7.09. The number of carbonyl (C=O) groups excluding carboxylic acids is 2. The number of benzene rings is 1. The molecule has 0 fully saturated rings.